The van der Waals surface area contributed by atoms with E-state index in [-0.39, 0.29) is 16.5 Å². The average Bonchev–Trinajstić information content (AvgIpc) is 2.47. The first-order chi connectivity index (χ1) is 9.99. The molecule has 0 radical (unpaired) electrons. The third-order valence-corrected chi connectivity index (χ3v) is 3.53. The van der Waals surface area contributed by atoms with Gasteiger partial charge >= 0.3 is 0 Å². The molecular weight excluding hydrogens is 299 g/mol. The van der Waals surface area contributed by atoms with Crippen molar-refractivity contribution in [1.82, 2.24) is 10.2 Å². The molecule has 1 aliphatic heterocycles. The number of carbonyl (C=O) groups is 2. The highest BCUT2D eigenvalue weighted by molar-refractivity contribution is 6.33. The monoisotopic (exact) mass is 314 g/mol. The molecule has 1 aliphatic rings. The number of morpholine rings is 1. The molecule has 0 saturated carbocycles. The zero-order chi connectivity index (χ0) is 15.4. The largest absolute Gasteiger partial charge is 0.378 e. The van der Waals surface area contributed by atoms with Crippen LogP contribution < -0.4 is 5.32 Å². The van der Waals surface area contributed by atoms with Gasteiger partial charge in [-0.05, 0) is 25.1 Å². The summed E-state index contributed by atoms with van der Waals surface area (Å²) in [5.41, 5.74) is 0.139. The fourth-order valence-electron chi connectivity index (χ4n) is 2.07. The Morgan fingerprint density at radius 2 is 2.05 bits per heavy atom. The van der Waals surface area contributed by atoms with Gasteiger partial charge in [-0.3, -0.25) is 9.59 Å². The molecule has 1 N–H and O–H groups in total. The number of benzene rings is 1. The minimum Gasteiger partial charge on any atom is -0.378 e. The first-order valence-corrected chi connectivity index (χ1v) is 6.99. The lowest BCUT2D eigenvalue weighted by Gasteiger charge is -2.29. The van der Waals surface area contributed by atoms with Gasteiger partial charge in [0.1, 0.15) is 11.9 Å². The van der Waals surface area contributed by atoms with E-state index in [4.69, 9.17) is 16.3 Å². The molecule has 1 aromatic rings. The SMILES string of the molecule is CC(NC(=O)c1ccc(F)cc1Cl)C(=O)N1CCOCC1. The number of nitrogens with zero attached hydrogens (tertiary/aromatic N) is 1. The summed E-state index contributed by atoms with van der Waals surface area (Å²) in [6.07, 6.45) is 0. The van der Waals surface area contributed by atoms with Crippen LogP contribution in [0.3, 0.4) is 0 Å². The summed E-state index contributed by atoms with van der Waals surface area (Å²) in [5, 5.41) is 2.59. The second-order valence-electron chi connectivity index (χ2n) is 4.76. The van der Waals surface area contributed by atoms with Gasteiger partial charge in [0.15, 0.2) is 0 Å². The molecule has 7 heteroatoms. The van der Waals surface area contributed by atoms with Crippen molar-refractivity contribution in [1.29, 1.82) is 0 Å². The number of amides is 2. The predicted octanol–water partition coefficient (Wildman–Crippen LogP) is 1.46. The van der Waals surface area contributed by atoms with E-state index >= 15 is 0 Å². The van der Waals surface area contributed by atoms with Crippen LogP contribution in [0.1, 0.15) is 17.3 Å². The molecule has 0 aromatic heterocycles. The van der Waals surface area contributed by atoms with Gasteiger partial charge in [0.25, 0.3) is 5.91 Å². The van der Waals surface area contributed by atoms with Crippen LogP contribution in [-0.4, -0.2) is 49.1 Å². The van der Waals surface area contributed by atoms with Crippen LogP contribution in [0.2, 0.25) is 5.02 Å². The van der Waals surface area contributed by atoms with E-state index in [0.717, 1.165) is 12.1 Å². The maximum atomic E-state index is 13.0. The molecule has 0 bridgehead atoms. The van der Waals surface area contributed by atoms with Crippen molar-refractivity contribution in [3.8, 4) is 0 Å². The van der Waals surface area contributed by atoms with Crippen LogP contribution in [-0.2, 0) is 9.53 Å². The lowest BCUT2D eigenvalue weighted by atomic mass is 10.2. The first kappa shape index (κ1) is 15.7. The third kappa shape index (κ3) is 3.92. The van der Waals surface area contributed by atoms with Gasteiger partial charge in [-0.2, -0.15) is 0 Å². The second-order valence-corrected chi connectivity index (χ2v) is 5.16. The molecule has 2 amide bonds. The zero-order valence-corrected chi connectivity index (χ0v) is 12.3. The maximum absolute atomic E-state index is 13.0. The topological polar surface area (TPSA) is 58.6 Å². The summed E-state index contributed by atoms with van der Waals surface area (Å²) < 4.78 is 18.1. The fraction of sp³-hybridized carbons (Fsp3) is 0.429. The molecule has 0 aliphatic carbocycles. The Morgan fingerprint density at radius 1 is 1.38 bits per heavy atom. The maximum Gasteiger partial charge on any atom is 0.253 e. The van der Waals surface area contributed by atoms with Crippen LogP contribution in [0.15, 0.2) is 18.2 Å². The van der Waals surface area contributed by atoms with E-state index in [9.17, 15) is 14.0 Å². The third-order valence-electron chi connectivity index (χ3n) is 3.22. The number of hydrogen-bond donors (Lipinski definition) is 1. The van der Waals surface area contributed by atoms with Gasteiger partial charge in [-0.25, -0.2) is 4.39 Å². The molecule has 1 atom stereocenters. The van der Waals surface area contributed by atoms with Crippen molar-refractivity contribution in [2.75, 3.05) is 26.3 Å². The molecule has 1 aromatic carbocycles. The van der Waals surface area contributed by atoms with Crippen LogP contribution >= 0.6 is 11.6 Å². The van der Waals surface area contributed by atoms with E-state index in [1.807, 2.05) is 0 Å². The Hall–Kier alpha value is -1.66. The Balaban J connectivity index is 1.99. The number of ether oxygens (including phenoxy) is 1. The molecule has 5 nitrogen and oxygen atoms in total. The summed E-state index contributed by atoms with van der Waals surface area (Å²) in [6.45, 7) is 3.62. The minimum atomic E-state index is -0.684. The van der Waals surface area contributed by atoms with Crippen molar-refractivity contribution in [3.63, 3.8) is 0 Å². The number of nitrogens with one attached hydrogen (secondary N) is 1. The fourth-order valence-corrected chi connectivity index (χ4v) is 2.32. The van der Waals surface area contributed by atoms with Gasteiger partial charge < -0.3 is 15.0 Å². The number of halogens is 2. The zero-order valence-electron chi connectivity index (χ0n) is 11.6. The number of rotatable bonds is 3. The van der Waals surface area contributed by atoms with E-state index in [1.165, 1.54) is 6.07 Å². The molecule has 2 rings (SSSR count). The Morgan fingerprint density at radius 3 is 2.67 bits per heavy atom. The summed E-state index contributed by atoms with van der Waals surface area (Å²) in [7, 11) is 0. The summed E-state index contributed by atoms with van der Waals surface area (Å²) in [6, 6.07) is 2.82. The number of hydrogen-bond acceptors (Lipinski definition) is 3. The molecule has 0 spiro atoms. The van der Waals surface area contributed by atoms with Crippen molar-refractivity contribution >= 4 is 23.4 Å². The molecule has 1 heterocycles. The summed E-state index contributed by atoms with van der Waals surface area (Å²) in [4.78, 5) is 25.9. The highest BCUT2D eigenvalue weighted by Gasteiger charge is 2.24. The van der Waals surface area contributed by atoms with Gasteiger partial charge in [0, 0.05) is 13.1 Å². The van der Waals surface area contributed by atoms with Crippen LogP contribution in [0.5, 0.6) is 0 Å². The van der Waals surface area contributed by atoms with Crippen molar-refractivity contribution < 1.29 is 18.7 Å². The van der Waals surface area contributed by atoms with Crippen LogP contribution in [0, 0.1) is 5.82 Å². The first-order valence-electron chi connectivity index (χ1n) is 6.61. The Bertz CT molecular complexity index is 547. The standard InChI is InChI=1S/C14H16ClFN2O3/c1-9(14(20)18-4-6-21-7-5-18)17-13(19)11-3-2-10(16)8-12(11)15/h2-3,8-9H,4-7H2,1H3,(H,17,19). The van der Waals surface area contributed by atoms with E-state index in [2.05, 4.69) is 5.32 Å². The molecule has 1 unspecified atom stereocenters. The summed E-state index contributed by atoms with van der Waals surface area (Å²) >= 11 is 5.82. The highest BCUT2D eigenvalue weighted by atomic mass is 35.5. The molecule has 21 heavy (non-hydrogen) atoms. The van der Waals surface area contributed by atoms with E-state index in [1.54, 1.807) is 11.8 Å². The molecular formula is C14H16ClFN2O3. The van der Waals surface area contributed by atoms with Gasteiger partial charge in [0.05, 0.1) is 23.8 Å². The minimum absolute atomic E-state index is 0.0125. The smallest absolute Gasteiger partial charge is 0.253 e. The van der Waals surface area contributed by atoms with Crippen LogP contribution in [0.4, 0.5) is 4.39 Å². The van der Waals surface area contributed by atoms with Gasteiger partial charge in [0.2, 0.25) is 5.91 Å². The predicted molar refractivity (Wildman–Crippen MR) is 75.7 cm³/mol. The lowest BCUT2D eigenvalue weighted by Crippen LogP contribution is -2.50. The second kappa shape index (κ2) is 6.87. The van der Waals surface area contributed by atoms with E-state index in [0.29, 0.717) is 26.3 Å². The quantitative estimate of drug-likeness (QED) is 0.919. The van der Waals surface area contributed by atoms with Crippen molar-refractivity contribution in [2.24, 2.45) is 0 Å². The van der Waals surface area contributed by atoms with Crippen LogP contribution in [0.25, 0.3) is 0 Å². The summed E-state index contributed by atoms with van der Waals surface area (Å²) in [5.74, 6) is -1.20. The highest BCUT2D eigenvalue weighted by Crippen LogP contribution is 2.17. The van der Waals surface area contributed by atoms with Crippen molar-refractivity contribution in [2.45, 2.75) is 13.0 Å². The molecule has 1 fully saturated rings. The number of carbonyl (C=O) groups excluding carboxylic acids is 2. The Kier molecular flexibility index (Phi) is 5.14. The van der Waals surface area contributed by atoms with Crippen molar-refractivity contribution in [3.05, 3.63) is 34.6 Å². The normalized spacial score (nSPS) is 16.4. The van der Waals surface area contributed by atoms with Gasteiger partial charge in [-0.15, -0.1) is 0 Å². The lowest BCUT2D eigenvalue weighted by molar-refractivity contribution is -0.136. The van der Waals surface area contributed by atoms with Gasteiger partial charge in [-0.1, -0.05) is 11.6 Å². The van der Waals surface area contributed by atoms with E-state index < -0.39 is 17.8 Å². The molecule has 1 saturated heterocycles. The molecule has 114 valence electrons. The average molecular weight is 315 g/mol. The Labute approximate surface area is 127 Å².